The monoisotopic (exact) mass is 317 g/mol. The number of nitrogens with zero attached hydrogens (tertiary/aromatic N) is 2. The van der Waals surface area contributed by atoms with E-state index in [1.807, 2.05) is 20.8 Å². The topological polar surface area (TPSA) is 77.2 Å². The molecular formula is C17H23N3O3. The molecule has 0 fully saturated rings. The van der Waals surface area contributed by atoms with E-state index in [0.717, 1.165) is 29.9 Å². The van der Waals surface area contributed by atoms with Gasteiger partial charge in [0.25, 0.3) is 5.91 Å². The Morgan fingerprint density at radius 2 is 2.17 bits per heavy atom. The number of hydrogen-bond acceptors (Lipinski definition) is 5. The highest BCUT2D eigenvalue weighted by atomic mass is 16.5. The lowest BCUT2D eigenvalue weighted by atomic mass is 10.1. The molecule has 0 aromatic carbocycles. The van der Waals surface area contributed by atoms with E-state index in [0.29, 0.717) is 18.1 Å². The number of aryl methyl sites for hydroxylation is 2. The molecule has 0 spiro atoms. The summed E-state index contributed by atoms with van der Waals surface area (Å²) in [5, 5.41) is 6.88. The van der Waals surface area contributed by atoms with Crippen LogP contribution in [0.3, 0.4) is 0 Å². The summed E-state index contributed by atoms with van der Waals surface area (Å²) < 4.78 is 10.9. The van der Waals surface area contributed by atoms with Crippen LogP contribution in [0.15, 0.2) is 22.9 Å². The number of nitrogens with one attached hydrogen (secondary N) is 1. The normalized spacial score (nSPS) is 10.8. The van der Waals surface area contributed by atoms with Gasteiger partial charge >= 0.3 is 0 Å². The third-order valence-corrected chi connectivity index (χ3v) is 3.34. The summed E-state index contributed by atoms with van der Waals surface area (Å²) in [6, 6.07) is 3.48. The molecule has 124 valence electrons. The molecule has 2 heterocycles. The van der Waals surface area contributed by atoms with Crippen LogP contribution >= 0.6 is 0 Å². The minimum absolute atomic E-state index is 0.0898. The first-order chi connectivity index (χ1) is 11.0. The van der Waals surface area contributed by atoms with Crippen molar-refractivity contribution in [1.29, 1.82) is 0 Å². The fourth-order valence-corrected chi connectivity index (χ4v) is 2.15. The van der Waals surface area contributed by atoms with Crippen LogP contribution < -0.4 is 10.1 Å². The molecule has 6 heteroatoms. The van der Waals surface area contributed by atoms with Gasteiger partial charge in [0.1, 0.15) is 12.4 Å². The van der Waals surface area contributed by atoms with Gasteiger partial charge in [0, 0.05) is 18.3 Å². The number of ether oxygens (including phenoxy) is 1. The molecule has 0 aliphatic rings. The summed E-state index contributed by atoms with van der Waals surface area (Å²) in [6.07, 6.45) is 3.37. The van der Waals surface area contributed by atoms with Gasteiger partial charge in [-0.15, -0.1) is 0 Å². The van der Waals surface area contributed by atoms with E-state index in [1.54, 1.807) is 12.1 Å². The molecule has 2 rings (SSSR count). The molecule has 23 heavy (non-hydrogen) atoms. The van der Waals surface area contributed by atoms with Crippen molar-refractivity contribution in [2.45, 2.75) is 53.2 Å². The molecule has 2 aromatic heterocycles. The lowest BCUT2D eigenvalue weighted by Crippen LogP contribution is -2.30. The molecule has 0 saturated heterocycles. The van der Waals surface area contributed by atoms with Crippen molar-refractivity contribution in [3.8, 4) is 5.88 Å². The zero-order chi connectivity index (χ0) is 16.8. The third-order valence-electron chi connectivity index (χ3n) is 3.34. The molecular weight excluding hydrogens is 294 g/mol. The molecule has 6 nitrogen and oxygen atoms in total. The Kier molecular flexibility index (Phi) is 5.73. The summed E-state index contributed by atoms with van der Waals surface area (Å²) in [5.41, 5.74) is 2.41. The number of amides is 1. The Labute approximate surface area is 136 Å². The van der Waals surface area contributed by atoms with Crippen molar-refractivity contribution >= 4 is 5.91 Å². The van der Waals surface area contributed by atoms with Crippen LogP contribution in [0.25, 0.3) is 0 Å². The maximum Gasteiger partial charge on any atom is 0.253 e. The summed E-state index contributed by atoms with van der Waals surface area (Å²) in [4.78, 5) is 16.0. The van der Waals surface area contributed by atoms with Gasteiger partial charge in [-0.2, -0.15) is 0 Å². The fourth-order valence-electron chi connectivity index (χ4n) is 2.15. The number of carbonyl (C=O) groups is 1. The molecule has 0 atom stereocenters. The van der Waals surface area contributed by atoms with E-state index < -0.39 is 0 Å². The van der Waals surface area contributed by atoms with Crippen molar-refractivity contribution < 1.29 is 14.1 Å². The van der Waals surface area contributed by atoms with E-state index in [1.165, 1.54) is 6.20 Å². The van der Waals surface area contributed by atoms with Crippen LogP contribution in [-0.2, 0) is 13.0 Å². The average molecular weight is 317 g/mol. The van der Waals surface area contributed by atoms with Gasteiger partial charge in [0.05, 0.1) is 16.8 Å². The minimum Gasteiger partial charge on any atom is -0.473 e. The first-order valence-electron chi connectivity index (χ1n) is 7.85. The Balaban J connectivity index is 1.99. The third kappa shape index (κ3) is 4.55. The van der Waals surface area contributed by atoms with Gasteiger partial charge in [-0.3, -0.25) is 4.79 Å². The Bertz CT molecular complexity index is 648. The predicted octanol–water partition coefficient (Wildman–Crippen LogP) is 3.05. The highest BCUT2D eigenvalue weighted by Crippen LogP contribution is 2.18. The molecule has 0 aliphatic heterocycles. The van der Waals surface area contributed by atoms with E-state index in [9.17, 15) is 4.79 Å². The Morgan fingerprint density at radius 1 is 1.39 bits per heavy atom. The lowest BCUT2D eigenvalue weighted by Gasteiger charge is -2.09. The van der Waals surface area contributed by atoms with Gasteiger partial charge in [0.15, 0.2) is 0 Å². The van der Waals surface area contributed by atoms with E-state index in [4.69, 9.17) is 9.26 Å². The zero-order valence-corrected chi connectivity index (χ0v) is 14.0. The molecule has 2 aromatic rings. The van der Waals surface area contributed by atoms with Gasteiger partial charge in [0.2, 0.25) is 5.88 Å². The Hall–Kier alpha value is -2.37. The number of rotatable bonds is 7. The van der Waals surface area contributed by atoms with Crippen molar-refractivity contribution in [1.82, 2.24) is 15.5 Å². The van der Waals surface area contributed by atoms with Crippen molar-refractivity contribution in [3.05, 3.63) is 40.9 Å². The summed E-state index contributed by atoms with van der Waals surface area (Å²) in [6.45, 7) is 8.15. The molecule has 0 bridgehead atoms. The van der Waals surface area contributed by atoms with Crippen LogP contribution in [0.1, 0.15) is 54.6 Å². The molecule has 1 N–H and O–H groups in total. The molecule has 0 saturated carbocycles. The van der Waals surface area contributed by atoms with Crippen LogP contribution in [0.4, 0.5) is 0 Å². The summed E-state index contributed by atoms with van der Waals surface area (Å²) >= 11 is 0. The molecule has 0 radical (unpaired) electrons. The average Bonchev–Trinajstić information content (AvgIpc) is 2.86. The highest BCUT2D eigenvalue weighted by Gasteiger charge is 2.13. The zero-order valence-electron chi connectivity index (χ0n) is 14.0. The van der Waals surface area contributed by atoms with Gasteiger partial charge < -0.3 is 14.6 Å². The number of hydrogen-bond donors (Lipinski definition) is 1. The number of carbonyl (C=O) groups excluding carboxylic acids is 1. The van der Waals surface area contributed by atoms with Gasteiger partial charge in [-0.1, -0.05) is 18.5 Å². The standard InChI is InChI=1S/C17H23N3O3/c1-5-6-15-14(12(4)23-20-15)10-22-16-8-7-13(9-18-16)17(21)19-11(2)3/h7-9,11H,5-6,10H2,1-4H3,(H,19,21). The van der Waals surface area contributed by atoms with Gasteiger partial charge in [-0.25, -0.2) is 4.98 Å². The van der Waals surface area contributed by atoms with Crippen LogP contribution in [0.5, 0.6) is 5.88 Å². The summed E-state index contributed by atoms with van der Waals surface area (Å²) in [7, 11) is 0. The van der Waals surface area contributed by atoms with Crippen molar-refractivity contribution in [3.63, 3.8) is 0 Å². The van der Waals surface area contributed by atoms with Crippen LogP contribution in [-0.4, -0.2) is 22.1 Å². The second kappa shape index (κ2) is 7.76. The second-order valence-corrected chi connectivity index (χ2v) is 5.72. The van der Waals surface area contributed by atoms with Crippen LogP contribution in [0, 0.1) is 6.92 Å². The van der Waals surface area contributed by atoms with Crippen LogP contribution in [0.2, 0.25) is 0 Å². The van der Waals surface area contributed by atoms with Crippen molar-refractivity contribution in [2.24, 2.45) is 0 Å². The molecule has 0 unspecified atom stereocenters. The SMILES string of the molecule is CCCc1noc(C)c1COc1ccc(C(=O)NC(C)C)cn1. The van der Waals surface area contributed by atoms with E-state index >= 15 is 0 Å². The smallest absolute Gasteiger partial charge is 0.253 e. The largest absolute Gasteiger partial charge is 0.473 e. The molecule has 1 amide bonds. The predicted molar refractivity (Wildman–Crippen MR) is 86.4 cm³/mol. The van der Waals surface area contributed by atoms with E-state index in [-0.39, 0.29) is 11.9 Å². The molecule has 0 aliphatic carbocycles. The quantitative estimate of drug-likeness (QED) is 0.849. The van der Waals surface area contributed by atoms with Gasteiger partial charge in [-0.05, 0) is 33.3 Å². The highest BCUT2D eigenvalue weighted by molar-refractivity contribution is 5.94. The fraction of sp³-hybridized carbons (Fsp3) is 0.471. The first kappa shape index (κ1) is 17.0. The minimum atomic E-state index is -0.140. The number of aromatic nitrogens is 2. The second-order valence-electron chi connectivity index (χ2n) is 5.72. The maximum absolute atomic E-state index is 11.9. The lowest BCUT2D eigenvalue weighted by molar-refractivity contribution is 0.0942. The first-order valence-corrected chi connectivity index (χ1v) is 7.85. The Morgan fingerprint density at radius 3 is 2.78 bits per heavy atom. The van der Waals surface area contributed by atoms with Crippen molar-refractivity contribution in [2.75, 3.05) is 0 Å². The number of pyridine rings is 1. The maximum atomic E-state index is 11.9. The summed E-state index contributed by atoms with van der Waals surface area (Å²) in [5.74, 6) is 1.09. The van der Waals surface area contributed by atoms with E-state index in [2.05, 4.69) is 22.4 Å².